The Balaban J connectivity index is 1.95. The summed E-state index contributed by atoms with van der Waals surface area (Å²) < 4.78 is 0. The van der Waals surface area contributed by atoms with E-state index in [1.165, 1.54) is 24.2 Å². The predicted octanol–water partition coefficient (Wildman–Crippen LogP) is 1.08. The number of nitrogens with one attached hydrogen (secondary N) is 1. The summed E-state index contributed by atoms with van der Waals surface area (Å²) in [5, 5.41) is 0. The van der Waals surface area contributed by atoms with E-state index >= 15 is 0 Å². The van der Waals surface area contributed by atoms with E-state index in [4.69, 9.17) is 4.84 Å². The van der Waals surface area contributed by atoms with Gasteiger partial charge in [0.1, 0.15) is 0 Å². The molecule has 1 fully saturated rings. The standard InChI is InChI=1S/C14H23N3O/c1-16-7-9-17(10-8-16)12-14-6-4-3-5-13(14)11-15-18-2/h3-6,15H,7-12H2,1-2H3. The first-order valence-corrected chi connectivity index (χ1v) is 6.53. The minimum absolute atomic E-state index is 0.764. The van der Waals surface area contributed by atoms with E-state index in [1.54, 1.807) is 7.11 Å². The highest BCUT2D eigenvalue weighted by molar-refractivity contribution is 5.26. The van der Waals surface area contributed by atoms with Crippen LogP contribution in [-0.2, 0) is 17.9 Å². The topological polar surface area (TPSA) is 27.7 Å². The number of nitrogens with zero attached hydrogens (tertiary/aromatic N) is 2. The van der Waals surface area contributed by atoms with Crippen LogP contribution in [0.3, 0.4) is 0 Å². The molecule has 1 aromatic rings. The van der Waals surface area contributed by atoms with Crippen LogP contribution in [0.1, 0.15) is 11.1 Å². The van der Waals surface area contributed by atoms with Crippen molar-refractivity contribution in [3.63, 3.8) is 0 Å². The van der Waals surface area contributed by atoms with Gasteiger partial charge in [0.15, 0.2) is 0 Å². The molecule has 4 nitrogen and oxygen atoms in total. The van der Waals surface area contributed by atoms with Crippen LogP contribution in [0.4, 0.5) is 0 Å². The lowest BCUT2D eigenvalue weighted by molar-refractivity contribution is 0.0861. The Labute approximate surface area is 109 Å². The molecule has 0 bridgehead atoms. The fraction of sp³-hybridized carbons (Fsp3) is 0.571. The number of benzene rings is 1. The monoisotopic (exact) mass is 249 g/mol. The summed E-state index contributed by atoms with van der Waals surface area (Å²) in [4.78, 5) is 9.84. The maximum absolute atomic E-state index is 4.93. The fourth-order valence-electron chi connectivity index (χ4n) is 2.28. The van der Waals surface area contributed by atoms with E-state index in [0.717, 1.165) is 26.2 Å². The second-order valence-corrected chi connectivity index (χ2v) is 4.87. The molecule has 1 saturated heterocycles. The second kappa shape index (κ2) is 6.85. The van der Waals surface area contributed by atoms with Crippen molar-refractivity contribution in [3.8, 4) is 0 Å². The Hall–Kier alpha value is -0.940. The second-order valence-electron chi connectivity index (χ2n) is 4.87. The molecule has 1 aliphatic rings. The Bertz CT molecular complexity index is 362. The molecule has 0 saturated carbocycles. The van der Waals surface area contributed by atoms with E-state index in [1.807, 2.05) is 0 Å². The molecule has 4 heteroatoms. The average molecular weight is 249 g/mol. The van der Waals surface area contributed by atoms with Crippen molar-refractivity contribution >= 4 is 0 Å². The van der Waals surface area contributed by atoms with Crippen LogP contribution in [0.15, 0.2) is 24.3 Å². The van der Waals surface area contributed by atoms with Gasteiger partial charge in [-0.3, -0.25) is 4.90 Å². The highest BCUT2D eigenvalue weighted by Gasteiger charge is 2.14. The van der Waals surface area contributed by atoms with Crippen molar-refractivity contribution < 1.29 is 4.84 Å². The molecule has 1 N–H and O–H groups in total. The molecule has 0 atom stereocenters. The lowest BCUT2D eigenvalue weighted by atomic mass is 10.1. The first-order valence-electron chi connectivity index (χ1n) is 6.53. The van der Waals surface area contributed by atoms with Gasteiger partial charge in [0, 0.05) is 39.3 Å². The van der Waals surface area contributed by atoms with Gasteiger partial charge in [0.25, 0.3) is 0 Å². The molecule has 2 rings (SSSR count). The molecule has 0 amide bonds. The zero-order valence-electron chi connectivity index (χ0n) is 11.4. The van der Waals surface area contributed by atoms with Crippen LogP contribution in [0.5, 0.6) is 0 Å². The molecular weight excluding hydrogens is 226 g/mol. The van der Waals surface area contributed by atoms with Crippen molar-refractivity contribution in [2.24, 2.45) is 0 Å². The summed E-state index contributed by atoms with van der Waals surface area (Å²) >= 11 is 0. The lowest BCUT2D eigenvalue weighted by Crippen LogP contribution is -2.44. The zero-order valence-corrected chi connectivity index (χ0v) is 11.4. The minimum Gasteiger partial charge on any atom is -0.305 e. The molecule has 1 aromatic carbocycles. The largest absolute Gasteiger partial charge is 0.305 e. The number of likely N-dealkylation sites (N-methyl/N-ethyl adjacent to an activating group) is 1. The number of piperazine rings is 1. The van der Waals surface area contributed by atoms with Crippen LogP contribution in [0.25, 0.3) is 0 Å². The average Bonchev–Trinajstić information content (AvgIpc) is 2.40. The number of hydrogen-bond donors (Lipinski definition) is 1. The summed E-state index contributed by atoms with van der Waals surface area (Å²) in [6.07, 6.45) is 0. The van der Waals surface area contributed by atoms with Gasteiger partial charge < -0.3 is 9.74 Å². The minimum atomic E-state index is 0.764. The molecule has 1 aliphatic heterocycles. The SMILES string of the molecule is CONCc1ccccc1CN1CCN(C)CC1. The Morgan fingerprint density at radius 2 is 1.78 bits per heavy atom. The van der Waals surface area contributed by atoms with Gasteiger partial charge in [-0.25, -0.2) is 0 Å². The molecule has 1 heterocycles. The van der Waals surface area contributed by atoms with Gasteiger partial charge >= 0.3 is 0 Å². The van der Waals surface area contributed by atoms with Gasteiger partial charge in [-0.1, -0.05) is 24.3 Å². The molecule has 0 spiro atoms. The van der Waals surface area contributed by atoms with Gasteiger partial charge in [-0.05, 0) is 18.2 Å². The summed E-state index contributed by atoms with van der Waals surface area (Å²) in [5.74, 6) is 0. The number of rotatable bonds is 5. The molecule has 0 aromatic heterocycles. The van der Waals surface area contributed by atoms with Gasteiger partial charge in [-0.15, -0.1) is 0 Å². The van der Waals surface area contributed by atoms with Crippen LogP contribution < -0.4 is 5.48 Å². The molecule has 100 valence electrons. The van der Waals surface area contributed by atoms with E-state index in [-0.39, 0.29) is 0 Å². The van der Waals surface area contributed by atoms with Crippen LogP contribution in [-0.4, -0.2) is 50.1 Å². The van der Waals surface area contributed by atoms with Gasteiger partial charge in [0.2, 0.25) is 0 Å². The molecule has 0 radical (unpaired) electrons. The van der Waals surface area contributed by atoms with E-state index in [9.17, 15) is 0 Å². The smallest absolute Gasteiger partial charge is 0.0572 e. The Morgan fingerprint density at radius 1 is 1.11 bits per heavy atom. The fourth-order valence-corrected chi connectivity index (χ4v) is 2.28. The van der Waals surface area contributed by atoms with Crippen LogP contribution >= 0.6 is 0 Å². The highest BCUT2D eigenvalue weighted by atomic mass is 16.6. The first-order chi connectivity index (χ1) is 8.79. The number of hydrogen-bond acceptors (Lipinski definition) is 4. The third kappa shape index (κ3) is 3.78. The predicted molar refractivity (Wildman–Crippen MR) is 73.1 cm³/mol. The normalized spacial score (nSPS) is 18.1. The first kappa shape index (κ1) is 13.5. The number of hydroxylamine groups is 1. The summed E-state index contributed by atoms with van der Waals surface area (Å²) in [6.45, 7) is 6.44. The summed E-state index contributed by atoms with van der Waals surface area (Å²) in [6, 6.07) is 8.57. The molecule has 0 unspecified atom stereocenters. The van der Waals surface area contributed by atoms with E-state index in [2.05, 4.69) is 46.6 Å². The van der Waals surface area contributed by atoms with Crippen molar-refractivity contribution in [1.29, 1.82) is 0 Å². The quantitative estimate of drug-likeness (QED) is 0.791. The molecular formula is C14H23N3O. The van der Waals surface area contributed by atoms with Crippen molar-refractivity contribution in [2.75, 3.05) is 40.3 Å². The Kier molecular flexibility index (Phi) is 5.13. The zero-order chi connectivity index (χ0) is 12.8. The maximum atomic E-state index is 4.93. The summed E-state index contributed by atoms with van der Waals surface area (Å²) in [7, 11) is 3.84. The van der Waals surface area contributed by atoms with Crippen molar-refractivity contribution in [1.82, 2.24) is 15.3 Å². The van der Waals surface area contributed by atoms with Crippen LogP contribution in [0.2, 0.25) is 0 Å². The third-order valence-electron chi connectivity index (χ3n) is 3.52. The summed E-state index contributed by atoms with van der Waals surface area (Å²) in [5.41, 5.74) is 5.64. The van der Waals surface area contributed by atoms with Crippen molar-refractivity contribution in [2.45, 2.75) is 13.1 Å². The van der Waals surface area contributed by atoms with E-state index in [0.29, 0.717) is 0 Å². The lowest BCUT2D eigenvalue weighted by Gasteiger charge is -2.32. The van der Waals surface area contributed by atoms with Gasteiger partial charge in [0.05, 0.1) is 7.11 Å². The molecule has 18 heavy (non-hydrogen) atoms. The van der Waals surface area contributed by atoms with E-state index < -0.39 is 0 Å². The van der Waals surface area contributed by atoms with Crippen LogP contribution in [0, 0.1) is 0 Å². The third-order valence-corrected chi connectivity index (χ3v) is 3.52. The van der Waals surface area contributed by atoms with Gasteiger partial charge in [-0.2, -0.15) is 5.48 Å². The molecule has 0 aliphatic carbocycles. The highest BCUT2D eigenvalue weighted by Crippen LogP contribution is 2.13. The maximum Gasteiger partial charge on any atom is 0.0572 e. The Morgan fingerprint density at radius 3 is 2.44 bits per heavy atom. The van der Waals surface area contributed by atoms with Crippen molar-refractivity contribution in [3.05, 3.63) is 35.4 Å².